The Balaban J connectivity index is 1.60. The van der Waals surface area contributed by atoms with Crippen molar-refractivity contribution in [1.82, 2.24) is 5.32 Å². The van der Waals surface area contributed by atoms with Crippen LogP contribution in [0.5, 0.6) is 5.75 Å². The number of carbonyl (C=O) groups is 2. The van der Waals surface area contributed by atoms with Crippen molar-refractivity contribution < 1.29 is 14.3 Å². The van der Waals surface area contributed by atoms with E-state index in [0.29, 0.717) is 18.7 Å². The minimum Gasteiger partial charge on any atom is -0.497 e. The summed E-state index contributed by atoms with van der Waals surface area (Å²) in [6.45, 7) is 0.455. The average molecular weight is 336 g/mol. The third kappa shape index (κ3) is 4.26. The van der Waals surface area contributed by atoms with Gasteiger partial charge in [-0.1, -0.05) is 36.4 Å². The molecule has 2 amide bonds. The number of amides is 2. The third-order valence-electron chi connectivity index (χ3n) is 4.06. The zero-order chi connectivity index (χ0) is 17.6. The van der Waals surface area contributed by atoms with Crippen molar-refractivity contribution in [2.75, 3.05) is 18.6 Å². The van der Waals surface area contributed by atoms with Crippen molar-refractivity contribution >= 4 is 23.6 Å². The molecule has 3 rings (SSSR count). The smallest absolute Gasteiger partial charge is 0.244 e. The molecule has 5 heteroatoms. The van der Waals surface area contributed by atoms with Crippen LogP contribution in [0.3, 0.4) is 0 Å². The molecular weight excluding hydrogens is 316 g/mol. The molecule has 0 saturated carbocycles. The molecule has 1 fully saturated rings. The van der Waals surface area contributed by atoms with Gasteiger partial charge in [-0.2, -0.15) is 0 Å². The highest BCUT2D eigenvalue weighted by molar-refractivity contribution is 5.98. The van der Waals surface area contributed by atoms with Gasteiger partial charge in [-0.15, -0.1) is 0 Å². The lowest BCUT2D eigenvalue weighted by molar-refractivity contribution is -0.117. The molecule has 5 nitrogen and oxygen atoms in total. The maximum Gasteiger partial charge on any atom is 0.244 e. The van der Waals surface area contributed by atoms with E-state index in [4.69, 9.17) is 4.74 Å². The van der Waals surface area contributed by atoms with E-state index in [0.717, 1.165) is 11.3 Å². The summed E-state index contributed by atoms with van der Waals surface area (Å²) in [5.74, 6) is 0.489. The molecule has 1 N–H and O–H groups in total. The number of ether oxygens (including phenoxy) is 1. The SMILES string of the molecule is COc1cccc(N2C[C@@H](NC(=O)/C=C\c3ccccc3)CC2=O)c1. The van der Waals surface area contributed by atoms with Crippen LogP contribution < -0.4 is 15.0 Å². The minimum atomic E-state index is -0.202. The van der Waals surface area contributed by atoms with Gasteiger partial charge in [-0.05, 0) is 23.8 Å². The Morgan fingerprint density at radius 3 is 2.76 bits per heavy atom. The van der Waals surface area contributed by atoms with Gasteiger partial charge in [0.15, 0.2) is 0 Å². The van der Waals surface area contributed by atoms with E-state index in [2.05, 4.69) is 5.32 Å². The Labute approximate surface area is 146 Å². The van der Waals surface area contributed by atoms with Gasteiger partial charge >= 0.3 is 0 Å². The first-order chi connectivity index (χ1) is 12.2. The molecule has 1 heterocycles. The van der Waals surface area contributed by atoms with Crippen LogP contribution in [0.15, 0.2) is 60.7 Å². The number of nitrogens with zero attached hydrogens (tertiary/aromatic N) is 1. The summed E-state index contributed by atoms with van der Waals surface area (Å²) in [4.78, 5) is 26.0. The van der Waals surface area contributed by atoms with Crippen LogP contribution in [-0.2, 0) is 9.59 Å². The predicted octanol–water partition coefficient (Wildman–Crippen LogP) is 2.63. The van der Waals surface area contributed by atoms with Gasteiger partial charge in [0.25, 0.3) is 0 Å². The number of methoxy groups -OCH3 is 1. The van der Waals surface area contributed by atoms with Crippen molar-refractivity contribution in [3.63, 3.8) is 0 Å². The summed E-state index contributed by atoms with van der Waals surface area (Å²) < 4.78 is 5.20. The lowest BCUT2D eigenvalue weighted by Crippen LogP contribution is -2.36. The zero-order valence-electron chi connectivity index (χ0n) is 14.0. The van der Waals surface area contributed by atoms with Crippen LogP contribution in [0.2, 0.25) is 0 Å². The number of hydrogen-bond acceptors (Lipinski definition) is 3. The summed E-state index contributed by atoms with van der Waals surface area (Å²) in [6.07, 6.45) is 3.54. The third-order valence-corrected chi connectivity index (χ3v) is 4.06. The van der Waals surface area contributed by atoms with Gasteiger partial charge in [0.1, 0.15) is 5.75 Å². The van der Waals surface area contributed by atoms with Crippen molar-refractivity contribution in [3.8, 4) is 5.75 Å². The van der Waals surface area contributed by atoms with Gasteiger partial charge in [-0.25, -0.2) is 0 Å². The molecule has 25 heavy (non-hydrogen) atoms. The molecule has 2 aromatic rings. The molecule has 128 valence electrons. The highest BCUT2D eigenvalue weighted by Crippen LogP contribution is 2.25. The van der Waals surface area contributed by atoms with Gasteiger partial charge in [0.2, 0.25) is 11.8 Å². The lowest BCUT2D eigenvalue weighted by atomic mass is 10.2. The van der Waals surface area contributed by atoms with Gasteiger partial charge in [-0.3, -0.25) is 9.59 Å². The van der Waals surface area contributed by atoms with Crippen LogP contribution in [0.1, 0.15) is 12.0 Å². The van der Waals surface area contributed by atoms with E-state index in [9.17, 15) is 9.59 Å². The number of hydrogen-bond donors (Lipinski definition) is 1. The summed E-state index contributed by atoms with van der Waals surface area (Å²) >= 11 is 0. The predicted molar refractivity (Wildman–Crippen MR) is 97.4 cm³/mol. The number of carbonyl (C=O) groups excluding carboxylic acids is 2. The molecule has 1 saturated heterocycles. The quantitative estimate of drug-likeness (QED) is 0.854. The fraction of sp³-hybridized carbons (Fsp3) is 0.200. The molecule has 0 aromatic heterocycles. The first-order valence-electron chi connectivity index (χ1n) is 8.14. The van der Waals surface area contributed by atoms with E-state index in [1.54, 1.807) is 18.1 Å². The summed E-state index contributed by atoms with van der Waals surface area (Å²) in [5, 5.41) is 2.89. The second-order valence-corrected chi connectivity index (χ2v) is 5.86. The van der Waals surface area contributed by atoms with E-state index in [1.165, 1.54) is 6.08 Å². The fourth-order valence-corrected chi connectivity index (χ4v) is 2.82. The monoisotopic (exact) mass is 336 g/mol. The highest BCUT2D eigenvalue weighted by Gasteiger charge is 2.31. The van der Waals surface area contributed by atoms with Crippen LogP contribution in [0.4, 0.5) is 5.69 Å². The van der Waals surface area contributed by atoms with Gasteiger partial charge < -0.3 is 15.0 Å². The van der Waals surface area contributed by atoms with Crippen LogP contribution in [0, 0.1) is 0 Å². The number of anilines is 1. The van der Waals surface area contributed by atoms with Crippen LogP contribution >= 0.6 is 0 Å². The molecule has 1 atom stereocenters. The van der Waals surface area contributed by atoms with Crippen LogP contribution in [-0.4, -0.2) is 31.5 Å². The Morgan fingerprint density at radius 2 is 2.00 bits per heavy atom. The second-order valence-electron chi connectivity index (χ2n) is 5.86. The van der Waals surface area contributed by atoms with Crippen molar-refractivity contribution in [2.45, 2.75) is 12.5 Å². The number of benzene rings is 2. The molecule has 1 aliphatic rings. The second kappa shape index (κ2) is 7.66. The van der Waals surface area contributed by atoms with E-state index in [1.807, 2.05) is 54.6 Å². The fourth-order valence-electron chi connectivity index (χ4n) is 2.82. The Bertz CT molecular complexity index is 787. The number of nitrogens with one attached hydrogen (secondary N) is 1. The topological polar surface area (TPSA) is 58.6 Å². The normalized spacial score (nSPS) is 17.1. The average Bonchev–Trinajstić information content (AvgIpc) is 3.01. The molecule has 0 spiro atoms. The molecule has 0 aliphatic carbocycles. The molecule has 0 unspecified atom stereocenters. The summed E-state index contributed by atoms with van der Waals surface area (Å²) in [6, 6.07) is 16.8. The highest BCUT2D eigenvalue weighted by atomic mass is 16.5. The van der Waals surface area contributed by atoms with Crippen LogP contribution in [0.25, 0.3) is 6.08 Å². The molecule has 1 aliphatic heterocycles. The summed E-state index contributed by atoms with van der Waals surface area (Å²) in [7, 11) is 1.59. The standard InChI is InChI=1S/C20H20N2O3/c1-25-18-9-5-8-17(13-18)22-14-16(12-20(22)24)21-19(23)11-10-15-6-3-2-4-7-15/h2-11,13,16H,12,14H2,1H3,(H,21,23)/b11-10-/t16-/m0/s1. The minimum absolute atomic E-state index is 0.00871. The number of rotatable bonds is 5. The van der Waals surface area contributed by atoms with E-state index < -0.39 is 0 Å². The molecule has 2 aromatic carbocycles. The largest absolute Gasteiger partial charge is 0.497 e. The Hall–Kier alpha value is -3.08. The maximum atomic E-state index is 12.3. The van der Waals surface area contributed by atoms with E-state index in [-0.39, 0.29) is 17.9 Å². The van der Waals surface area contributed by atoms with Crippen molar-refractivity contribution in [1.29, 1.82) is 0 Å². The van der Waals surface area contributed by atoms with E-state index >= 15 is 0 Å². The Kier molecular flexibility index (Phi) is 5.14. The Morgan fingerprint density at radius 1 is 1.20 bits per heavy atom. The van der Waals surface area contributed by atoms with Crippen molar-refractivity contribution in [3.05, 3.63) is 66.2 Å². The molecule has 0 bridgehead atoms. The maximum absolute atomic E-state index is 12.3. The first-order valence-corrected chi connectivity index (χ1v) is 8.14. The summed E-state index contributed by atoms with van der Waals surface area (Å²) in [5.41, 5.74) is 1.74. The van der Waals surface area contributed by atoms with Crippen molar-refractivity contribution in [2.24, 2.45) is 0 Å². The lowest BCUT2D eigenvalue weighted by Gasteiger charge is -2.17. The van der Waals surface area contributed by atoms with Gasteiger partial charge in [0.05, 0.1) is 13.2 Å². The zero-order valence-corrected chi connectivity index (χ0v) is 14.0. The molecule has 0 radical (unpaired) electrons. The van der Waals surface area contributed by atoms with Gasteiger partial charge in [0, 0.05) is 30.8 Å². The molecular formula is C20H20N2O3. The first kappa shape index (κ1) is 16.8.